The molecular formula is C22H29N3O4. The van der Waals surface area contributed by atoms with Crippen LogP contribution in [0.15, 0.2) is 18.2 Å². The highest BCUT2D eigenvalue weighted by Gasteiger charge is 2.42. The topological polar surface area (TPSA) is 85.1 Å². The molecule has 2 heterocycles. The van der Waals surface area contributed by atoms with E-state index in [4.69, 9.17) is 15.2 Å². The van der Waals surface area contributed by atoms with E-state index in [1.54, 1.807) is 18.2 Å². The van der Waals surface area contributed by atoms with Crippen LogP contribution in [-0.2, 0) is 4.79 Å². The first kappa shape index (κ1) is 18.7. The van der Waals surface area contributed by atoms with E-state index in [0.29, 0.717) is 55.1 Å². The second kappa shape index (κ2) is 7.52. The molecule has 2 atom stereocenters. The molecule has 0 aromatic heterocycles. The van der Waals surface area contributed by atoms with Crippen molar-refractivity contribution >= 4 is 11.8 Å². The minimum atomic E-state index is -0.0198. The quantitative estimate of drug-likeness (QED) is 0.820. The Hall–Kier alpha value is -2.28. The standard InChI is InChI=1S/C22H29N3O4/c23-20-14-2-1-3-15(20)11-17(10-14)22(27)25-8-6-24(7-9-25)21(26)16-4-5-18-19(12-16)29-13-28-18/h4-5,12,14-15,17,20H,1-3,6-11,13,23H2. The Bertz CT molecular complexity index is 791. The maximum absolute atomic E-state index is 13.1. The van der Waals surface area contributed by atoms with Gasteiger partial charge in [0.15, 0.2) is 11.5 Å². The number of ether oxygens (including phenoxy) is 2. The number of piperazine rings is 1. The molecule has 7 nitrogen and oxygen atoms in total. The minimum Gasteiger partial charge on any atom is -0.454 e. The van der Waals surface area contributed by atoms with Crippen LogP contribution in [0, 0.1) is 17.8 Å². The minimum absolute atomic E-state index is 0.0198. The van der Waals surface area contributed by atoms with Gasteiger partial charge in [-0.1, -0.05) is 6.42 Å². The van der Waals surface area contributed by atoms with Gasteiger partial charge in [0, 0.05) is 43.7 Å². The fourth-order valence-corrected chi connectivity index (χ4v) is 5.59. The fourth-order valence-electron chi connectivity index (χ4n) is 5.59. The van der Waals surface area contributed by atoms with Gasteiger partial charge in [-0.25, -0.2) is 0 Å². The van der Waals surface area contributed by atoms with Crippen LogP contribution in [-0.4, -0.2) is 60.6 Å². The molecule has 1 saturated heterocycles. The third-order valence-corrected chi connectivity index (χ3v) is 7.26. The SMILES string of the molecule is NC1C2CCCC1CC(C(=O)N1CCN(C(=O)c3ccc4c(c3)OCO4)CC1)C2. The number of nitrogens with two attached hydrogens (primary N) is 1. The molecule has 2 unspecified atom stereocenters. The van der Waals surface area contributed by atoms with Gasteiger partial charge in [-0.15, -0.1) is 0 Å². The van der Waals surface area contributed by atoms with E-state index in [1.165, 1.54) is 19.3 Å². The summed E-state index contributed by atoms with van der Waals surface area (Å²) in [7, 11) is 0. The van der Waals surface area contributed by atoms with Crippen molar-refractivity contribution in [3.05, 3.63) is 23.8 Å². The molecular weight excluding hydrogens is 370 g/mol. The van der Waals surface area contributed by atoms with E-state index < -0.39 is 0 Å². The third kappa shape index (κ3) is 3.45. The Morgan fingerprint density at radius 1 is 0.931 bits per heavy atom. The van der Waals surface area contributed by atoms with Crippen molar-refractivity contribution in [1.82, 2.24) is 9.80 Å². The van der Waals surface area contributed by atoms with Crippen LogP contribution in [0.4, 0.5) is 0 Å². The van der Waals surface area contributed by atoms with Gasteiger partial charge >= 0.3 is 0 Å². The highest BCUT2D eigenvalue weighted by molar-refractivity contribution is 5.95. The Balaban J connectivity index is 1.18. The zero-order valence-electron chi connectivity index (χ0n) is 16.7. The van der Waals surface area contributed by atoms with E-state index in [2.05, 4.69) is 0 Å². The number of carbonyl (C=O) groups excluding carboxylic acids is 2. The maximum Gasteiger partial charge on any atom is 0.254 e. The Kier molecular flexibility index (Phi) is 4.86. The zero-order valence-corrected chi connectivity index (χ0v) is 16.7. The van der Waals surface area contributed by atoms with Crippen molar-refractivity contribution in [1.29, 1.82) is 0 Å². The summed E-state index contributed by atoms with van der Waals surface area (Å²) in [6.45, 7) is 2.54. The molecule has 29 heavy (non-hydrogen) atoms. The Morgan fingerprint density at radius 2 is 1.59 bits per heavy atom. The van der Waals surface area contributed by atoms with E-state index in [-0.39, 0.29) is 30.6 Å². The van der Waals surface area contributed by atoms with Crippen LogP contribution in [0.1, 0.15) is 42.5 Å². The molecule has 2 saturated carbocycles. The number of amides is 2. The lowest BCUT2D eigenvalue weighted by atomic mass is 9.65. The van der Waals surface area contributed by atoms with E-state index in [1.807, 2.05) is 9.80 Å². The van der Waals surface area contributed by atoms with Crippen LogP contribution < -0.4 is 15.2 Å². The molecule has 5 rings (SSSR count). The molecule has 2 aliphatic heterocycles. The number of hydrogen-bond donors (Lipinski definition) is 1. The van der Waals surface area contributed by atoms with Gasteiger partial charge in [-0.2, -0.15) is 0 Å². The van der Waals surface area contributed by atoms with Crippen LogP contribution in [0.2, 0.25) is 0 Å². The summed E-state index contributed by atoms with van der Waals surface area (Å²) in [5, 5.41) is 0. The highest BCUT2D eigenvalue weighted by atomic mass is 16.7. The largest absolute Gasteiger partial charge is 0.454 e. The summed E-state index contributed by atoms with van der Waals surface area (Å²) in [5.74, 6) is 2.66. The van der Waals surface area contributed by atoms with Crippen molar-refractivity contribution in [2.24, 2.45) is 23.5 Å². The number of carbonyl (C=O) groups is 2. The lowest BCUT2D eigenvalue weighted by Crippen LogP contribution is -2.54. The summed E-state index contributed by atoms with van der Waals surface area (Å²) in [6.07, 6.45) is 5.46. The fraction of sp³-hybridized carbons (Fsp3) is 0.636. The number of hydrogen-bond acceptors (Lipinski definition) is 5. The summed E-state index contributed by atoms with van der Waals surface area (Å²) in [6, 6.07) is 5.58. The van der Waals surface area contributed by atoms with Gasteiger partial charge in [0.1, 0.15) is 0 Å². The van der Waals surface area contributed by atoms with Gasteiger partial charge in [0.2, 0.25) is 12.7 Å². The maximum atomic E-state index is 13.1. The smallest absolute Gasteiger partial charge is 0.254 e. The predicted molar refractivity (Wildman–Crippen MR) is 107 cm³/mol. The molecule has 2 aliphatic carbocycles. The van der Waals surface area contributed by atoms with Crippen molar-refractivity contribution in [2.75, 3.05) is 33.0 Å². The molecule has 7 heteroatoms. The number of benzene rings is 1. The number of nitrogens with zero attached hydrogens (tertiary/aromatic N) is 2. The van der Waals surface area contributed by atoms with Crippen LogP contribution in [0.5, 0.6) is 11.5 Å². The summed E-state index contributed by atoms with van der Waals surface area (Å²) in [4.78, 5) is 29.8. The number of fused-ring (bicyclic) bond motifs is 3. The van der Waals surface area contributed by atoms with Crippen LogP contribution in [0.25, 0.3) is 0 Å². The number of rotatable bonds is 2. The molecule has 156 valence electrons. The molecule has 4 aliphatic rings. The normalized spacial score (nSPS) is 30.9. The molecule has 1 aromatic carbocycles. The lowest BCUT2D eigenvalue weighted by Gasteiger charge is -2.45. The van der Waals surface area contributed by atoms with Crippen molar-refractivity contribution in [3.63, 3.8) is 0 Å². The summed E-state index contributed by atoms with van der Waals surface area (Å²) >= 11 is 0. The van der Waals surface area contributed by atoms with E-state index in [0.717, 1.165) is 12.8 Å². The first-order valence-corrected chi connectivity index (χ1v) is 10.8. The molecule has 1 aromatic rings. The van der Waals surface area contributed by atoms with E-state index in [9.17, 15) is 9.59 Å². The Labute approximate surface area is 171 Å². The van der Waals surface area contributed by atoms with Crippen LogP contribution in [0.3, 0.4) is 0 Å². The van der Waals surface area contributed by atoms with E-state index >= 15 is 0 Å². The van der Waals surface area contributed by atoms with Gasteiger partial charge in [-0.05, 0) is 55.7 Å². The van der Waals surface area contributed by atoms with Crippen LogP contribution >= 0.6 is 0 Å². The van der Waals surface area contributed by atoms with Crippen molar-refractivity contribution < 1.29 is 19.1 Å². The van der Waals surface area contributed by atoms with Gasteiger partial charge in [0.25, 0.3) is 5.91 Å². The third-order valence-electron chi connectivity index (χ3n) is 7.26. The molecule has 0 spiro atoms. The predicted octanol–water partition coefficient (Wildman–Crippen LogP) is 1.85. The second-order valence-electron chi connectivity index (χ2n) is 8.88. The molecule has 0 radical (unpaired) electrons. The van der Waals surface area contributed by atoms with Crippen molar-refractivity contribution in [2.45, 2.75) is 38.1 Å². The zero-order chi connectivity index (χ0) is 20.0. The van der Waals surface area contributed by atoms with Gasteiger partial charge in [-0.3, -0.25) is 9.59 Å². The molecule has 2 bridgehead atoms. The monoisotopic (exact) mass is 399 g/mol. The Morgan fingerprint density at radius 3 is 2.31 bits per heavy atom. The first-order chi connectivity index (χ1) is 14.1. The van der Waals surface area contributed by atoms with Gasteiger partial charge < -0.3 is 25.0 Å². The average molecular weight is 399 g/mol. The highest BCUT2D eigenvalue weighted by Crippen LogP contribution is 2.42. The summed E-state index contributed by atoms with van der Waals surface area (Å²) < 4.78 is 10.7. The molecule has 3 fully saturated rings. The molecule has 2 amide bonds. The second-order valence-corrected chi connectivity index (χ2v) is 8.88. The van der Waals surface area contributed by atoms with Crippen molar-refractivity contribution in [3.8, 4) is 11.5 Å². The average Bonchev–Trinajstić information content (AvgIpc) is 3.20. The molecule has 2 N–H and O–H groups in total. The first-order valence-electron chi connectivity index (χ1n) is 10.8. The summed E-state index contributed by atoms with van der Waals surface area (Å²) in [5.41, 5.74) is 6.98. The lowest BCUT2D eigenvalue weighted by molar-refractivity contribution is -0.140. The van der Waals surface area contributed by atoms with Gasteiger partial charge in [0.05, 0.1) is 0 Å².